The molecular formula is C13H19N3O2. The van der Waals surface area contributed by atoms with E-state index in [0.29, 0.717) is 11.7 Å². The van der Waals surface area contributed by atoms with E-state index in [1.807, 2.05) is 13.0 Å². The summed E-state index contributed by atoms with van der Waals surface area (Å²) in [5, 5.41) is 3.00. The molecule has 0 saturated heterocycles. The first kappa shape index (κ1) is 12.9. The van der Waals surface area contributed by atoms with Gasteiger partial charge in [0, 0.05) is 24.4 Å². The lowest BCUT2D eigenvalue weighted by atomic mass is 9.89. The first-order valence-electron chi connectivity index (χ1n) is 6.05. The van der Waals surface area contributed by atoms with Crippen LogP contribution in [0, 0.1) is 6.92 Å². The number of carbonyl (C=O) groups excluding carboxylic acids is 1. The van der Waals surface area contributed by atoms with E-state index in [0.717, 1.165) is 24.1 Å². The Bertz CT molecular complexity index is 442. The highest BCUT2D eigenvalue weighted by atomic mass is 16.5. The van der Waals surface area contributed by atoms with Gasteiger partial charge < -0.3 is 15.5 Å². The van der Waals surface area contributed by atoms with E-state index in [1.165, 1.54) is 0 Å². The molecule has 0 aliphatic heterocycles. The summed E-state index contributed by atoms with van der Waals surface area (Å²) in [7, 11) is 1.70. The molecule has 1 saturated carbocycles. The molecule has 0 heterocycles. The molecule has 4 N–H and O–H groups in total. The lowest BCUT2D eigenvalue weighted by Gasteiger charge is -2.34. The molecule has 0 bridgehead atoms. The van der Waals surface area contributed by atoms with E-state index in [2.05, 4.69) is 10.7 Å². The molecule has 0 aromatic heterocycles. The van der Waals surface area contributed by atoms with Crippen molar-refractivity contribution in [1.29, 1.82) is 0 Å². The number of amides is 1. The Hall–Kier alpha value is -1.59. The number of benzene rings is 1. The predicted octanol–water partition coefficient (Wildman–Crippen LogP) is 1.19. The summed E-state index contributed by atoms with van der Waals surface area (Å²) in [6, 6.07) is 5.66. The van der Waals surface area contributed by atoms with Crippen molar-refractivity contribution in [3.05, 3.63) is 29.3 Å². The number of hydrogen-bond donors (Lipinski definition) is 3. The first-order valence-corrected chi connectivity index (χ1v) is 6.05. The minimum Gasteiger partial charge on any atom is -0.381 e. The fourth-order valence-corrected chi connectivity index (χ4v) is 2.15. The van der Waals surface area contributed by atoms with Crippen LogP contribution in [-0.4, -0.2) is 25.2 Å². The minimum absolute atomic E-state index is 0.0318. The third kappa shape index (κ3) is 2.63. The monoisotopic (exact) mass is 249 g/mol. The fourth-order valence-electron chi connectivity index (χ4n) is 2.15. The van der Waals surface area contributed by atoms with Crippen LogP contribution in [0.25, 0.3) is 0 Å². The highest BCUT2D eigenvalue weighted by Crippen LogP contribution is 2.23. The van der Waals surface area contributed by atoms with Gasteiger partial charge in [-0.05, 0) is 43.5 Å². The number of rotatable bonds is 4. The predicted molar refractivity (Wildman–Crippen MR) is 70.3 cm³/mol. The van der Waals surface area contributed by atoms with Gasteiger partial charge in [-0.1, -0.05) is 0 Å². The van der Waals surface area contributed by atoms with Crippen molar-refractivity contribution in [3.63, 3.8) is 0 Å². The van der Waals surface area contributed by atoms with E-state index >= 15 is 0 Å². The van der Waals surface area contributed by atoms with Crippen LogP contribution in [0.2, 0.25) is 0 Å². The van der Waals surface area contributed by atoms with Gasteiger partial charge in [-0.25, -0.2) is 0 Å². The Balaban J connectivity index is 1.97. The zero-order valence-electron chi connectivity index (χ0n) is 10.7. The average molecular weight is 249 g/mol. The van der Waals surface area contributed by atoms with Crippen molar-refractivity contribution in [2.24, 2.45) is 5.84 Å². The minimum atomic E-state index is -0.0318. The van der Waals surface area contributed by atoms with Crippen LogP contribution in [0.15, 0.2) is 18.2 Å². The van der Waals surface area contributed by atoms with Crippen LogP contribution >= 0.6 is 0 Å². The molecule has 0 radical (unpaired) electrons. The van der Waals surface area contributed by atoms with Gasteiger partial charge in [-0.2, -0.15) is 0 Å². The summed E-state index contributed by atoms with van der Waals surface area (Å²) in [4.78, 5) is 12.1. The molecule has 1 aliphatic rings. The second kappa shape index (κ2) is 5.37. The average Bonchev–Trinajstić information content (AvgIpc) is 2.32. The highest BCUT2D eigenvalue weighted by Gasteiger charge is 2.30. The SMILES string of the molecule is COC1CC(NC(=O)c2ccc(NN)cc2C)C1. The Labute approximate surface area is 107 Å². The smallest absolute Gasteiger partial charge is 0.251 e. The molecule has 1 aromatic rings. The quantitative estimate of drug-likeness (QED) is 0.553. The van der Waals surface area contributed by atoms with Gasteiger partial charge in [0.2, 0.25) is 0 Å². The largest absolute Gasteiger partial charge is 0.381 e. The summed E-state index contributed by atoms with van der Waals surface area (Å²) >= 11 is 0. The number of methoxy groups -OCH3 is 1. The Morgan fingerprint density at radius 2 is 2.17 bits per heavy atom. The summed E-state index contributed by atoms with van der Waals surface area (Å²) < 4.78 is 5.18. The van der Waals surface area contributed by atoms with Crippen molar-refractivity contribution in [2.45, 2.75) is 31.9 Å². The molecule has 1 aromatic carbocycles. The van der Waals surface area contributed by atoms with Gasteiger partial charge in [0.1, 0.15) is 0 Å². The summed E-state index contributed by atoms with van der Waals surface area (Å²) in [5.74, 6) is 5.29. The van der Waals surface area contributed by atoms with E-state index in [4.69, 9.17) is 10.6 Å². The van der Waals surface area contributed by atoms with Crippen LogP contribution in [0.3, 0.4) is 0 Å². The molecule has 1 aliphatic carbocycles. The highest BCUT2D eigenvalue weighted by molar-refractivity contribution is 5.96. The molecule has 18 heavy (non-hydrogen) atoms. The summed E-state index contributed by atoms with van der Waals surface area (Å²) in [5.41, 5.74) is 4.96. The van der Waals surface area contributed by atoms with Crippen LogP contribution in [0.4, 0.5) is 5.69 Å². The Kier molecular flexibility index (Phi) is 3.84. The second-order valence-corrected chi connectivity index (χ2v) is 4.67. The number of nitrogens with two attached hydrogens (primary N) is 1. The van der Waals surface area contributed by atoms with Crippen molar-refractivity contribution in [1.82, 2.24) is 5.32 Å². The third-order valence-corrected chi connectivity index (χ3v) is 3.40. The molecule has 1 amide bonds. The molecule has 0 atom stereocenters. The Morgan fingerprint density at radius 3 is 2.72 bits per heavy atom. The van der Waals surface area contributed by atoms with Gasteiger partial charge in [0.05, 0.1) is 6.10 Å². The van der Waals surface area contributed by atoms with E-state index in [1.54, 1.807) is 19.2 Å². The van der Waals surface area contributed by atoms with Gasteiger partial charge in [-0.15, -0.1) is 0 Å². The van der Waals surface area contributed by atoms with Gasteiger partial charge in [-0.3, -0.25) is 10.6 Å². The first-order chi connectivity index (χ1) is 8.63. The van der Waals surface area contributed by atoms with Crippen LogP contribution in [0.1, 0.15) is 28.8 Å². The van der Waals surface area contributed by atoms with E-state index in [-0.39, 0.29) is 11.9 Å². The number of hydrazine groups is 1. The van der Waals surface area contributed by atoms with E-state index in [9.17, 15) is 4.79 Å². The second-order valence-electron chi connectivity index (χ2n) is 4.67. The number of nitrogens with one attached hydrogen (secondary N) is 2. The lowest BCUT2D eigenvalue weighted by Crippen LogP contribution is -2.47. The zero-order chi connectivity index (χ0) is 13.1. The standard InChI is InChI=1S/C13H19N3O2/c1-8-5-9(16-14)3-4-12(8)13(17)15-10-6-11(7-10)18-2/h3-5,10-11,16H,6-7,14H2,1-2H3,(H,15,17). The molecule has 1 fully saturated rings. The number of anilines is 1. The third-order valence-electron chi connectivity index (χ3n) is 3.40. The fraction of sp³-hybridized carbons (Fsp3) is 0.462. The van der Waals surface area contributed by atoms with Crippen LogP contribution in [-0.2, 0) is 4.74 Å². The summed E-state index contributed by atoms with van der Waals surface area (Å²) in [6.07, 6.45) is 2.08. The molecule has 0 spiro atoms. The topological polar surface area (TPSA) is 76.4 Å². The van der Waals surface area contributed by atoms with Gasteiger partial charge in [0.15, 0.2) is 0 Å². The number of carbonyl (C=O) groups is 1. The Morgan fingerprint density at radius 1 is 1.44 bits per heavy atom. The molecule has 2 rings (SSSR count). The molecule has 5 nitrogen and oxygen atoms in total. The van der Waals surface area contributed by atoms with Gasteiger partial charge in [0.25, 0.3) is 5.91 Å². The molecule has 0 unspecified atom stereocenters. The number of ether oxygens (including phenoxy) is 1. The maximum atomic E-state index is 12.1. The normalized spacial score (nSPS) is 22.2. The molecular weight excluding hydrogens is 230 g/mol. The summed E-state index contributed by atoms with van der Waals surface area (Å²) in [6.45, 7) is 1.90. The van der Waals surface area contributed by atoms with Crippen molar-refractivity contribution in [2.75, 3.05) is 12.5 Å². The van der Waals surface area contributed by atoms with Crippen molar-refractivity contribution < 1.29 is 9.53 Å². The van der Waals surface area contributed by atoms with Crippen LogP contribution in [0.5, 0.6) is 0 Å². The van der Waals surface area contributed by atoms with Crippen molar-refractivity contribution in [3.8, 4) is 0 Å². The number of aryl methyl sites for hydroxylation is 1. The molecule has 5 heteroatoms. The molecule has 98 valence electrons. The van der Waals surface area contributed by atoms with Crippen LogP contribution < -0.4 is 16.6 Å². The number of hydrogen-bond acceptors (Lipinski definition) is 4. The zero-order valence-corrected chi connectivity index (χ0v) is 10.7. The number of nitrogen functional groups attached to an aromatic ring is 1. The maximum absolute atomic E-state index is 12.1. The van der Waals surface area contributed by atoms with Crippen molar-refractivity contribution >= 4 is 11.6 Å². The van der Waals surface area contributed by atoms with Gasteiger partial charge >= 0.3 is 0 Å². The maximum Gasteiger partial charge on any atom is 0.251 e. The van der Waals surface area contributed by atoms with E-state index < -0.39 is 0 Å². The lowest BCUT2D eigenvalue weighted by molar-refractivity contribution is 0.0176.